The number of H-pyrrole nitrogens is 1. The van der Waals surface area contributed by atoms with E-state index in [0.29, 0.717) is 16.6 Å². The molecule has 5 heteroatoms. The summed E-state index contributed by atoms with van der Waals surface area (Å²) in [5.41, 5.74) is 5.14. The number of hydrogen-bond donors (Lipinski definition) is 2. The van der Waals surface area contributed by atoms with Gasteiger partial charge in [-0.2, -0.15) is 0 Å². The number of aromatic amines is 1. The Balaban J connectivity index is 1.75. The highest BCUT2D eigenvalue weighted by Crippen LogP contribution is 2.34. The predicted octanol–water partition coefficient (Wildman–Crippen LogP) is 5.35. The number of nitrogens with one attached hydrogen (secondary N) is 2. The fraction of sp³-hybridized carbons (Fsp3) is 0.0476. The quantitative estimate of drug-likeness (QED) is 0.471. The summed E-state index contributed by atoms with van der Waals surface area (Å²) >= 11 is 11.9. The van der Waals surface area contributed by atoms with Crippen LogP contribution in [0.5, 0.6) is 0 Å². The van der Waals surface area contributed by atoms with Crippen molar-refractivity contribution >= 4 is 39.7 Å². The largest absolute Gasteiger partial charge is 0.370 e. The molecule has 0 amide bonds. The van der Waals surface area contributed by atoms with Crippen LogP contribution in [0.15, 0.2) is 73.1 Å². The minimum absolute atomic E-state index is 0.622. The van der Waals surface area contributed by atoms with Crippen LogP contribution in [0.2, 0.25) is 5.02 Å². The number of rotatable bonds is 4. The Labute approximate surface area is 162 Å². The molecule has 0 bridgehead atoms. The molecule has 2 N–H and O–H groups in total. The number of hydrogen-bond acceptors (Lipinski definition) is 2. The minimum Gasteiger partial charge on any atom is -0.370 e. The fourth-order valence-corrected chi connectivity index (χ4v) is 3.41. The van der Waals surface area contributed by atoms with Gasteiger partial charge >= 0.3 is 0 Å². The standard InChI is InChI=1S/C21H16ClN3S/c22-16-8-9-18-17(11-16)19(15-6-2-1-3-7-15)20(25-18)21(26)24-13-14-5-4-10-23-12-14/h1-12,25H,13H2,(H,24,26). The van der Waals surface area contributed by atoms with Crippen molar-refractivity contribution in [1.29, 1.82) is 0 Å². The van der Waals surface area contributed by atoms with Crippen LogP contribution < -0.4 is 5.32 Å². The van der Waals surface area contributed by atoms with Gasteiger partial charge in [0.1, 0.15) is 4.99 Å². The number of pyridine rings is 1. The van der Waals surface area contributed by atoms with E-state index in [1.807, 2.05) is 54.7 Å². The molecular weight excluding hydrogens is 362 g/mol. The molecule has 0 fully saturated rings. The second-order valence-corrected chi connectivity index (χ2v) is 6.82. The van der Waals surface area contributed by atoms with Gasteiger partial charge in [-0.15, -0.1) is 0 Å². The molecule has 128 valence electrons. The van der Waals surface area contributed by atoms with Crippen molar-refractivity contribution in [1.82, 2.24) is 15.3 Å². The third-order valence-corrected chi connectivity index (χ3v) is 4.81. The zero-order chi connectivity index (χ0) is 17.9. The fourth-order valence-electron chi connectivity index (χ4n) is 3.01. The maximum atomic E-state index is 6.24. The minimum atomic E-state index is 0.622. The molecule has 3 nitrogen and oxygen atoms in total. The van der Waals surface area contributed by atoms with Crippen molar-refractivity contribution < 1.29 is 0 Å². The molecule has 26 heavy (non-hydrogen) atoms. The van der Waals surface area contributed by atoms with Crippen molar-refractivity contribution in [3.63, 3.8) is 0 Å². The first kappa shape index (κ1) is 16.8. The number of aromatic nitrogens is 2. The first-order chi connectivity index (χ1) is 12.7. The van der Waals surface area contributed by atoms with Crippen LogP contribution in [0.4, 0.5) is 0 Å². The molecule has 0 unspecified atom stereocenters. The molecule has 0 spiro atoms. The van der Waals surface area contributed by atoms with Crippen LogP contribution in [0.1, 0.15) is 11.3 Å². The Hall–Kier alpha value is -2.69. The van der Waals surface area contributed by atoms with Gasteiger partial charge < -0.3 is 10.3 Å². The van der Waals surface area contributed by atoms with E-state index in [-0.39, 0.29) is 0 Å². The highest BCUT2D eigenvalue weighted by molar-refractivity contribution is 7.80. The normalized spacial score (nSPS) is 10.8. The molecule has 0 saturated heterocycles. The maximum Gasteiger partial charge on any atom is 0.124 e. The van der Waals surface area contributed by atoms with E-state index < -0.39 is 0 Å². The van der Waals surface area contributed by atoms with Gasteiger partial charge in [-0.3, -0.25) is 4.98 Å². The lowest BCUT2D eigenvalue weighted by Crippen LogP contribution is -2.22. The van der Waals surface area contributed by atoms with Gasteiger partial charge in [-0.25, -0.2) is 0 Å². The number of benzene rings is 2. The zero-order valence-electron chi connectivity index (χ0n) is 13.9. The van der Waals surface area contributed by atoms with Crippen LogP contribution in [0, 0.1) is 0 Å². The van der Waals surface area contributed by atoms with Gasteiger partial charge in [0.25, 0.3) is 0 Å². The number of nitrogens with zero attached hydrogens (tertiary/aromatic N) is 1. The summed E-state index contributed by atoms with van der Waals surface area (Å²) in [7, 11) is 0. The maximum absolute atomic E-state index is 6.24. The third kappa shape index (κ3) is 3.34. The van der Waals surface area contributed by atoms with Crippen LogP contribution in [-0.4, -0.2) is 15.0 Å². The van der Waals surface area contributed by atoms with Crippen molar-refractivity contribution in [2.24, 2.45) is 0 Å². The summed E-state index contributed by atoms with van der Waals surface area (Å²) in [4.78, 5) is 8.25. The molecule has 0 aliphatic rings. The third-order valence-electron chi connectivity index (χ3n) is 4.23. The molecule has 0 atom stereocenters. The average molecular weight is 378 g/mol. The van der Waals surface area contributed by atoms with Crippen molar-refractivity contribution in [2.75, 3.05) is 0 Å². The second-order valence-electron chi connectivity index (χ2n) is 5.97. The molecule has 0 aliphatic heterocycles. The van der Waals surface area contributed by atoms with Crippen molar-refractivity contribution in [3.05, 3.63) is 89.3 Å². The molecule has 4 aromatic rings. The summed E-state index contributed by atoms with van der Waals surface area (Å²) < 4.78 is 0. The Morgan fingerprint density at radius 1 is 1.08 bits per heavy atom. The van der Waals surface area contributed by atoms with Crippen LogP contribution in [0.25, 0.3) is 22.0 Å². The monoisotopic (exact) mass is 377 g/mol. The zero-order valence-corrected chi connectivity index (χ0v) is 15.4. The molecule has 0 radical (unpaired) electrons. The van der Waals surface area contributed by atoms with Crippen LogP contribution in [0.3, 0.4) is 0 Å². The summed E-state index contributed by atoms with van der Waals surface area (Å²) in [5.74, 6) is 0. The van der Waals surface area contributed by atoms with E-state index in [1.165, 1.54) is 0 Å². The molecular formula is C21H16ClN3S. The Morgan fingerprint density at radius 3 is 2.69 bits per heavy atom. The lowest BCUT2D eigenvalue weighted by atomic mass is 10.0. The summed E-state index contributed by atoms with van der Waals surface area (Å²) in [6, 6.07) is 20.0. The first-order valence-electron chi connectivity index (χ1n) is 8.26. The van der Waals surface area contributed by atoms with Gasteiger partial charge in [-0.1, -0.05) is 60.2 Å². The smallest absolute Gasteiger partial charge is 0.124 e. The summed E-state index contributed by atoms with van der Waals surface area (Å²) in [5, 5.41) is 5.09. The van der Waals surface area contributed by atoms with Gasteiger partial charge in [0.2, 0.25) is 0 Å². The van der Waals surface area contributed by atoms with E-state index in [1.54, 1.807) is 6.20 Å². The molecule has 4 rings (SSSR count). The Bertz CT molecular complexity index is 1060. The topological polar surface area (TPSA) is 40.7 Å². The molecule has 0 saturated carbocycles. The van der Waals surface area contributed by atoms with Crippen molar-refractivity contribution in [3.8, 4) is 11.1 Å². The molecule has 2 aromatic heterocycles. The van der Waals surface area contributed by atoms with Crippen molar-refractivity contribution in [2.45, 2.75) is 6.54 Å². The van der Waals surface area contributed by atoms with Gasteiger partial charge in [0, 0.05) is 40.4 Å². The Kier molecular flexibility index (Phi) is 4.69. The van der Waals surface area contributed by atoms with Gasteiger partial charge in [0.05, 0.1) is 5.69 Å². The summed E-state index contributed by atoms with van der Waals surface area (Å²) in [6.45, 7) is 0.622. The lowest BCUT2D eigenvalue weighted by molar-refractivity contribution is 0.917. The van der Waals surface area contributed by atoms with E-state index in [0.717, 1.165) is 33.3 Å². The Morgan fingerprint density at radius 2 is 1.92 bits per heavy atom. The SMILES string of the molecule is S=C(NCc1cccnc1)c1[nH]c2ccc(Cl)cc2c1-c1ccccc1. The highest BCUT2D eigenvalue weighted by Gasteiger charge is 2.17. The molecule has 2 heterocycles. The van der Waals surface area contributed by atoms with Gasteiger partial charge in [0.15, 0.2) is 0 Å². The number of thiocarbonyl (C=S) groups is 1. The summed E-state index contributed by atoms with van der Waals surface area (Å²) in [6.07, 6.45) is 3.59. The van der Waals surface area contributed by atoms with E-state index >= 15 is 0 Å². The molecule has 0 aliphatic carbocycles. The predicted molar refractivity (Wildman–Crippen MR) is 112 cm³/mol. The number of fused-ring (bicyclic) bond motifs is 1. The molecule has 2 aromatic carbocycles. The van der Waals surface area contributed by atoms with Crippen LogP contribution >= 0.6 is 23.8 Å². The van der Waals surface area contributed by atoms with E-state index in [9.17, 15) is 0 Å². The van der Waals surface area contributed by atoms with E-state index in [2.05, 4.69) is 27.4 Å². The second kappa shape index (κ2) is 7.28. The lowest BCUT2D eigenvalue weighted by Gasteiger charge is -2.09. The van der Waals surface area contributed by atoms with E-state index in [4.69, 9.17) is 23.8 Å². The number of halogens is 1. The van der Waals surface area contributed by atoms with Crippen LogP contribution in [-0.2, 0) is 6.54 Å². The highest BCUT2D eigenvalue weighted by atomic mass is 35.5. The first-order valence-corrected chi connectivity index (χ1v) is 9.05. The average Bonchev–Trinajstić information content (AvgIpc) is 3.06. The van der Waals surface area contributed by atoms with Gasteiger partial charge in [-0.05, 0) is 35.4 Å².